The highest BCUT2D eigenvalue weighted by molar-refractivity contribution is 6.19. The molecule has 10 aromatic rings. The fourth-order valence-electron chi connectivity index (χ4n) is 8.74. The van der Waals surface area contributed by atoms with E-state index < -0.39 is 0 Å². The fraction of sp³-hybridized carbons (Fsp3) is 0.0612. The summed E-state index contributed by atoms with van der Waals surface area (Å²) in [5.74, 6) is 0. The lowest BCUT2D eigenvalue weighted by Gasteiger charge is -2.29. The number of hydrogen-bond donors (Lipinski definition) is 0. The van der Waals surface area contributed by atoms with Crippen molar-refractivity contribution >= 4 is 71.7 Å². The molecule has 3 nitrogen and oxygen atoms in total. The van der Waals surface area contributed by atoms with Gasteiger partial charge in [0.05, 0.1) is 5.69 Å². The first-order chi connectivity index (χ1) is 25.5. The van der Waals surface area contributed by atoms with Crippen LogP contribution < -0.4 is 4.90 Å². The summed E-state index contributed by atoms with van der Waals surface area (Å²) in [6, 6.07) is 58.8. The standard InChI is InChI=1S/C49H33NO2/c1-49(2)40-13-6-3-11-38(40)48-41(49)14-9-15-42(48)50(34-24-26-37-36-10-4-7-16-43(36)52-46(37)29-34)33-22-18-30(19-23-33)31-20-25-35-32(28-31)21-27-45-47(35)39-12-5-8-17-44(39)51-45/h3-29H,1-2H3. The third-order valence-corrected chi connectivity index (χ3v) is 11.3. The van der Waals surface area contributed by atoms with Crippen LogP contribution >= 0.6 is 0 Å². The van der Waals surface area contributed by atoms with E-state index in [1.165, 1.54) is 49.5 Å². The van der Waals surface area contributed by atoms with E-state index in [1.54, 1.807) is 0 Å². The molecule has 0 bridgehead atoms. The largest absolute Gasteiger partial charge is 0.456 e. The SMILES string of the molecule is CC1(C)c2ccccc2-c2c(N(c3ccc(-c4ccc5c(ccc6oc7ccccc7c65)c4)cc3)c3ccc4c(c3)oc3ccccc34)cccc21. The molecular formula is C49H33NO2. The van der Waals surface area contributed by atoms with Crippen LogP contribution in [-0.2, 0) is 5.41 Å². The maximum Gasteiger partial charge on any atom is 0.137 e. The van der Waals surface area contributed by atoms with Gasteiger partial charge in [-0.15, -0.1) is 0 Å². The van der Waals surface area contributed by atoms with Gasteiger partial charge in [0.25, 0.3) is 0 Å². The Morgan fingerprint density at radius 2 is 1.10 bits per heavy atom. The number of para-hydroxylation sites is 2. The summed E-state index contributed by atoms with van der Waals surface area (Å²) < 4.78 is 12.6. The molecule has 8 aromatic carbocycles. The number of anilines is 3. The van der Waals surface area contributed by atoms with Crippen molar-refractivity contribution in [3.63, 3.8) is 0 Å². The second-order valence-corrected chi connectivity index (χ2v) is 14.5. The van der Waals surface area contributed by atoms with Gasteiger partial charge in [-0.1, -0.05) is 117 Å². The molecular weight excluding hydrogens is 635 g/mol. The molecule has 2 heterocycles. The molecule has 0 amide bonds. The monoisotopic (exact) mass is 667 g/mol. The van der Waals surface area contributed by atoms with Crippen LogP contribution in [0.3, 0.4) is 0 Å². The Morgan fingerprint density at radius 3 is 1.96 bits per heavy atom. The molecule has 0 radical (unpaired) electrons. The van der Waals surface area contributed by atoms with E-state index >= 15 is 0 Å². The number of hydrogen-bond acceptors (Lipinski definition) is 3. The Hall–Kier alpha value is -6.58. The van der Waals surface area contributed by atoms with Crippen molar-refractivity contribution < 1.29 is 8.83 Å². The zero-order valence-electron chi connectivity index (χ0n) is 28.9. The van der Waals surface area contributed by atoms with Gasteiger partial charge in [0, 0.05) is 50.0 Å². The summed E-state index contributed by atoms with van der Waals surface area (Å²) in [7, 11) is 0. The normalized spacial score (nSPS) is 13.3. The van der Waals surface area contributed by atoms with Crippen molar-refractivity contribution in [2.75, 3.05) is 4.90 Å². The van der Waals surface area contributed by atoms with Crippen LogP contribution in [0.1, 0.15) is 25.0 Å². The average Bonchev–Trinajstić information content (AvgIpc) is 3.83. The van der Waals surface area contributed by atoms with Gasteiger partial charge >= 0.3 is 0 Å². The summed E-state index contributed by atoms with van der Waals surface area (Å²) in [5.41, 5.74) is 14.4. The Balaban J connectivity index is 1.07. The van der Waals surface area contributed by atoms with Gasteiger partial charge in [0.2, 0.25) is 0 Å². The Kier molecular flexibility index (Phi) is 6.01. The Bertz CT molecular complexity index is 3050. The van der Waals surface area contributed by atoms with Crippen LogP contribution in [0.4, 0.5) is 17.1 Å². The first-order valence-electron chi connectivity index (χ1n) is 17.9. The topological polar surface area (TPSA) is 29.5 Å². The second kappa shape index (κ2) is 10.7. The van der Waals surface area contributed by atoms with Gasteiger partial charge in [0.1, 0.15) is 22.3 Å². The van der Waals surface area contributed by atoms with Crippen LogP contribution in [0.15, 0.2) is 173 Å². The summed E-state index contributed by atoms with van der Waals surface area (Å²) in [4.78, 5) is 2.40. The molecule has 0 saturated heterocycles. The lowest BCUT2D eigenvalue weighted by atomic mass is 9.82. The second-order valence-electron chi connectivity index (χ2n) is 14.5. The smallest absolute Gasteiger partial charge is 0.137 e. The predicted molar refractivity (Wildman–Crippen MR) is 216 cm³/mol. The first kappa shape index (κ1) is 29.2. The minimum Gasteiger partial charge on any atom is -0.456 e. The van der Waals surface area contributed by atoms with E-state index in [0.29, 0.717) is 0 Å². The van der Waals surface area contributed by atoms with Crippen LogP contribution in [0.5, 0.6) is 0 Å². The maximum absolute atomic E-state index is 6.42. The van der Waals surface area contributed by atoms with Crippen LogP contribution in [0.2, 0.25) is 0 Å². The molecule has 0 aliphatic heterocycles. The lowest BCUT2D eigenvalue weighted by molar-refractivity contribution is 0.660. The molecule has 246 valence electrons. The summed E-state index contributed by atoms with van der Waals surface area (Å²) in [5, 5.41) is 6.98. The fourth-order valence-corrected chi connectivity index (χ4v) is 8.74. The molecule has 0 fully saturated rings. The first-order valence-corrected chi connectivity index (χ1v) is 17.9. The van der Waals surface area contributed by atoms with Crippen molar-refractivity contribution in [1.82, 2.24) is 0 Å². The summed E-state index contributed by atoms with van der Waals surface area (Å²) in [6.07, 6.45) is 0. The minimum absolute atomic E-state index is 0.107. The molecule has 0 atom stereocenters. The molecule has 1 aliphatic rings. The quantitative estimate of drug-likeness (QED) is 0.187. The molecule has 3 heteroatoms. The van der Waals surface area contributed by atoms with Crippen molar-refractivity contribution in [1.29, 1.82) is 0 Å². The number of fused-ring (bicyclic) bond motifs is 11. The highest BCUT2D eigenvalue weighted by atomic mass is 16.3. The molecule has 52 heavy (non-hydrogen) atoms. The molecule has 0 N–H and O–H groups in total. The highest BCUT2D eigenvalue weighted by Crippen LogP contribution is 2.54. The zero-order chi connectivity index (χ0) is 34.6. The van der Waals surface area contributed by atoms with E-state index in [2.05, 4.69) is 158 Å². The van der Waals surface area contributed by atoms with Crippen LogP contribution in [0, 0.1) is 0 Å². The van der Waals surface area contributed by atoms with Gasteiger partial charge in [-0.05, 0) is 93.2 Å². The van der Waals surface area contributed by atoms with Gasteiger partial charge < -0.3 is 13.7 Å². The predicted octanol–water partition coefficient (Wildman–Crippen LogP) is 14.1. The highest BCUT2D eigenvalue weighted by Gasteiger charge is 2.37. The molecule has 11 rings (SSSR count). The van der Waals surface area contributed by atoms with Gasteiger partial charge in [-0.25, -0.2) is 0 Å². The molecule has 2 aromatic heterocycles. The minimum atomic E-state index is -0.107. The lowest BCUT2D eigenvalue weighted by Crippen LogP contribution is -2.16. The number of furan rings is 2. The third-order valence-electron chi connectivity index (χ3n) is 11.3. The molecule has 0 saturated carbocycles. The van der Waals surface area contributed by atoms with Crippen molar-refractivity contribution in [2.45, 2.75) is 19.3 Å². The Labute approximate surface area is 301 Å². The van der Waals surface area contributed by atoms with Gasteiger partial charge in [-0.3, -0.25) is 0 Å². The summed E-state index contributed by atoms with van der Waals surface area (Å²) in [6.45, 7) is 4.68. The van der Waals surface area contributed by atoms with E-state index in [4.69, 9.17) is 8.83 Å². The van der Waals surface area contributed by atoms with Crippen molar-refractivity contribution in [3.05, 3.63) is 175 Å². The van der Waals surface area contributed by atoms with Gasteiger partial charge in [-0.2, -0.15) is 0 Å². The maximum atomic E-state index is 6.42. The van der Waals surface area contributed by atoms with E-state index in [9.17, 15) is 0 Å². The summed E-state index contributed by atoms with van der Waals surface area (Å²) >= 11 is 0. The average molecular weight is 668 g/mol. The van der Waals surface area contributed by atoms with E-state index in [0.717, 1.165) is 55.6 Å². The Morgan fingerprint density at radius 1 is 0.442 bits per heavy atom. The van der Waals surface area contributed by atoms with Crippen LogP contribution in [0.25, 0.3) is 76.9 Å². The number of rotatable bonds is 4. The van der Waals surface area contributed by atoms with Crippen molar-refractivity contribution in [3.8, 4) is 22.3 Å². The van der Waals surface area contributed by atoms with Crippen LogP contribution in [-0.4, -0.2) is 0 Å². The van der Waals surface area contributed by atoms with Crippen molar-refractivity contribution in [2.24, 2.45) is 0 Å². The van der Waals surface area contributed by atoms with Gasteiger partial charge in [0.15, 0.2) is 0 Å². The number of benzene rings is 8. The molecule has 0 spiro atoms. The number of nitrogens with zero attached hydrogens (tertiary/aromatic N) is 1. The molecule has 1 aliphatic carbocycles. The molecule has 0 unspecified atom stereocenters. The van der Waals surface area contributed by atoms with E-state index in [1.807, 2.05) is 24.3 Å². The van der Waals surface area contributed by atoms with E-state index in [-0.39, 0.29) is 5.41 Å². The zero-order valence-corrected chi connectivity index (χ0v) is 28.9. The third kappa shape index (κ3) is 4.14.